The minimum atomic E-state index is 0.209. The van der Waals surface area contributed by atoms with Crippen molar-refractivity contribution < 1.29 is 4.74 Å². The maximum atomic E-state index is 5.61. The third-order valence-electron chi connectivity index (χ3n) is 3.09. The molecule has 1 atom stereocenters. The first kappa shape index (κ1) is 11.6. The highest BCUT2D eigenvalue weighted by Gasteiger charge is 2.18. The molecule has 0 bridgehead atoms. The van der Waals surface area contributed by atoms with Crippen LogP contribution in [0.4, 0.5) is 0 Å². The second-order valence-corrected chi connectivity index (χ2v) is 4.23. The summed E-state index contributed by atoms with van der Waals surface area (Å²) in [4.78, 5) is 2.41. The van der Waals surface area contributed by atoms with E-state index in [0.717, 1.165) is 32.7 Å². The molecule has 1 saturated heterocycles. The van der Waals surface area contributed by atoms with E-state index in [0.29, 0.717) is 6.54 Å². The lowest BCUT2D eigenvalue weighted by molar-refractivity contribution is -0.0227. The Morgan fingerprint density at radius 1 is 1.62 bits per heavy atom. The summed E-state index contributed by atoms with van der Waals surface area (Å²) in [6.07, 6.45) is 3.09. The largest absolute Gasteiger partial charge is 0.374 e. The number of ether oxygens (including phenoxy) is 1. The van der Waals surface area contributed by atoms with Crippen LogP contribution in [0.5, 0.6) is 0 Å². The summed E-state index contributed by atoms with van der Waals surface area (Å²) in [5, 5.41) is 4.16. The average Bonchev–Trinajstić information content (AvgIpc) is 2.72. The van der Waals surface area contributed by atoms with Gasteiger partial charge in [0, 0.05) is 51.5 Å². The highest BCUT2D eigenvalue weighted by Crippen LogP contribution is 2.06. The quantitative estimate of drug-likeness (QED) is 0.757. The van der Waals surface area contributed by atoms with E-state index in [-0.39, 0.29) is 6.10 Å². The van der Waals surface area contributed by atoms with E-state index in [1.54, 1.807) is 0 Å². The van der Waals surface area contributed by atoms with E-state index in [4.69, 9.17) is 10.5 Å². The highest BCUT2D eigenvalue weighted by molar-refractivity contribution is 5.00. The number of morpholine rings is 1. The number of hydrogen-bond donors (Lipinski definition) is 1. The van der Waals surface area contributed by atoms with E-state index in [2.05, 4.69) is 16.1 Å². The number of aromatic nitrogens is 2. The molecule has 2 rings (SSSR count). The standard InChI is InChI=1S/C11H20N4O/c1-14-10(2-4-13-14)3-5-15-6-7-16-11(8-12)9-15/h2,4,11H,3,5-9,12H2,1H3. The molecule has 5 heteroatoms. The molecule has 0 spiro atoms. The molecule has 2 heterocycles. The maximum absolute atomic E-state index is 5.61. The van der Waals surface area contributed by atoms with Gasteiger partial charge in [0.2, 0.25) is 0 Å². The molecule has 1 aromatic heterocycles. The molecule has 0 amide bonds. The average molecular weight is 224 g/mol. The molecular formula is C11H20N4O. The predicted octanol–water partition coefficient (Wildman–Crippen LogP) is -0.378. The number of hydrogen-bond acceptors (Lipinski definition) is 4. The molecule has 1 aliphatic heterocycles. The zero-order chi connectivity index (χ0) is 11.4. The zero-order valence-corrected chi connectivity index (χ0v) is 9.80. The van der Waals surface area contributed by atoms with Crippen molar-refractivity contribution in [2.75, 3.05) is 32.8 Å². The van der Waals surface area contributed by atoms with Gasteiger partial charge in [-0.05, 0) is 6.07 Å². The van der Waals surface area contributed by atoms with Crippen LogP contribution in [0.25, 0.3) is 0 Å². The second kappa shape index (κ2) is 5.43. The summed E-state index contributed by atoms with van der Waals surface area (Å²) in [7, 11) is 1.98. The van der Waals surface area contributed by atoms with E-state index in [1.165, 1.54) is 5.69 Å². The lowest BCUT2D eigenvalue weighted by atomic mass is 10.2. The molecule has 1 fully saturated rings. The SMILES string of the molecule is Cn1nccc1CCN1CCOC(CN)C1. The fraction of sp³-hybridized carbons (Fsp3) is 0.727. The molecule has 90 valence electrons. The third-order valence-corrected chi connectivity index (χ3v) is 3.09. The van der Waals surface area contributed by atoms with Crippen LogP contribution >= 0.6 is 0 Å². The van der Waals surface area contributed by atoms with Gasteiger partial charge in [-0.15, -0.1) is 0 Å². The molecule has 5 nitrogen and oxygen atoms in total. The molecule has 2 N–H and O–H groups in total. The Kier molecular flexibility index (Phi) is 3.93. The summed E-state index contributed by atoms with van der Waals surface area (Å²) in [5.41, 5.74) is 6.89. The summed E-state index contributed by atoms with van der Waals surface area (Å²) >= 11 is 0. The van der Waals surface area contributed by atoms with E-state index in [1.807, 2.05) is 17.9 Å². The maximum Gasteiger partial charge on any atom is 0.0824 e. The van der Waals surface area contributed by atoms with Crippen LogP contribution in [0, 0.1) is 0 Å². The van der Waals surface area contributed by atoms with Gasteiger partial charge in [0.15, 0.2) is 0 Å². The van der Waals surface area contributed by atoms with E-state index in [9.17, 15) is 0 Å². The Bertz CT molecular complexity index is 326. The van der Waals surface area contributed by atoms with Gasteiger partial charge in [-0.25, -0.2) is 0 Å². The van der Waals surface area contributed by atoms with Crippen LogP contribution in [0.3, 0.4) is 0 Å². The molecule has 1 aromatic rings. The van der Waals surface area contributed by atoms with Crippen molar-refractivity contribution in [2.24, 2.45) is 12.8 Å². The van der Waals surface area contributed by atoms with Gasteiger partial charge in [0.1, 0.15) is 0 Å². The molecule has 1 aliphatic rings. The minimum Gasteiger partial charge on any atom is -0.374 e. The second-order valence-electron chi connectivity index (χ2n) is 4.23. The molecule has 16 heavy (non-hydrogen) atoms. The molecule has 0 aromatic carbocycles. The van der Waals surface area contributed by atoms with Crippen LogP contribution in [0.2, 0.25) is 0 Å². The Labute approximate surface area is 96.2 Å². The number of nitrogens with zero attached hydrogens (tertiary/aromatic N) is 3. The summed E-state index contributed by atoms with van der Waals surface area (Å²) in [6.45, 7) is 4.43. The smallest absolute Gasteiger partial charge is 0.0824 e. The first-order valence-electron chi connectivity index (χ1n) is 5.80. The Hall–Kier alpha value is -0.910. The topological polar surface area (TPSA) is 56.3 Å². The third kappa shape index (κ3) is 2.81. The van der Waals surface area contributed by atoms with Crippen molar-refractivity contribution in [3.8, 4) is 0 Å². The monoisotopic (exact) mass is 224 g/mol. The Morgan fingerprint density at radius 2 is 2.50 bits per heavy atom. The van der Waals surface area contributed by atoms with Gasteiger partial charge in [-0.1, -0.05) is 0 Å². The van der Waals surface area contributed by atoms with Crippen molar-refractivity contribution >= 4 is 0 Å². The fourth-order valence-corrected chi connectivity index (χ4v) is 2.05. The Balaban J connectivity index is 1.79. The lowest BCUT2D eigenvalue weighted by Gasteiger charge is -2.32. The first-order chi connectivity index (χ1) is 7.79. The summed E-state index contributed by atoms with van der Waals surface area (Å²) in [5.74, 6) is 0. The molecule has 0 radical (unpaired) electrons. The van der Waals surface area contributed by atoms with Crippen molar-refractivity contribution in [3.63, 3.8) is 0 Å². The fourth-order valence-electron chi connectivity index (χ4n) is 2.05. The normalized spacial score (nSPS) is 22.5. The van der Waals surface area contributed by atoms with Crippen molar-refractivity contribution in [1.29, 1.82) is 0 Å². The van der Waals surface area contributed by atoms with Gasteiger partial charge in [-0.2, -0.15) is 5.10 Å². The van der Waals surface area contributed by atoms with Gasteiger partial charge < -0.3 is 10.5 Å². The van der Waals surface area contributed by atoms with Crippen LogP contribution in [-0.2, 0) is 18.2 Å². The van der Waals surface area contributed by atoms with Crippen LogP contribution in [0.15, 0.2) is 12.3 Å². The lowest BCUT2D eigenvalue weighted by Crippen LogP contribution is -2.46. The predicted molar refractivity (Wildman–Crippen MR) is 62.1 cm³/mol. The summed E-state index contributed by atoms with van der Waals surface area (Å²) in [6, 6.07) is 2.07. The van der Waals surface area contributed by atoms with E-state index < -0.39 is 0 Å². The van der Waals surface area contributed by atoms with Gasteiger partial charge >= 0.3 is 0 Å². The molecule has 0 saturated carbocycles. The Morgan fingerprint density at radius 3 is 3.19 bits per heavy atom. The number of nitrogens with two attached hydrogens (primary N) is 1. The zero-order valence-electron chi connectivity index (χ0n) is 9.80. The van der Waals surface area contributed by atoms with Crippen LogP contribution in [-0.4, -0.2) is 53.6 Å². The van der Waals surface area contributed by atoms with E-state index >= 15 is 0 Å². The van der Waals surface area contributed by atoms with Crippen molar-refractivity contribution in [1.82, 2.24) is 14.7 Å². The van der Waals surface area contributed by atoms with Crippen LogP contribution in [0.1, 0.15) is 5.69 Å². The highest BCUT2D eigenvalue weighted by atomic mass is 16.5. The van der Waals surface area contributed by atoms with Gasteiger partial charge in [-0.3, -0.25) is 9.58 Å². The van der Waals surface area contributed by atoms with Crippen molar-refractivity contribution in [3.05, 3.63) is 18.0 Å². The van der Waals surface area contributed by atoms with Gasteiger partial charge in [0.25, 0.3) is 0 Å². The van der Waals surface area contributed by atoms with Gasteiger partial charge in [0.05, 0.1) is 12.7 Å². The molecular weight excluding hydrogens is 204 g/mol. The molecule has 1 unspecified atom stereocenters. The first-order valence-corrected chi connectivity index (χ1v) is 5.80. The minimum absolute atomic E-state index is 0.209. The molecule has 0 aliphatic carbocycles. The van der Waals surface area contributed by atoms with Crippen LogP contribution < -0.4 is 5.73 Å². The van der Waals surface area contributed by atoms with Crippen molar-refractivity contribution in [2.45, 2.75) is 12.5 Å². The number of aryl methyl sites for hydroxylation is 1. The number of rotatable bonds is 4. The summed E-state index contributed by atoms with van der Waals surface area (Å²) < 4.78 is 7.47.